The summed E-state index contributed by atoms with van der Waals surface area (Å²) in [5.41, 5.74) is 0.850. The van der Waals surface area contributed by atoms with Gasteiger partial charge in [0.25, 0.3) is 11.1 Å². The van der Waals surface area contributed by atoms with Gasteiger partial charge in [-0.2, -0.15) is 0 Å². The maximum absolute atomic E-state index is 12.6. The van der Waals surface area contributed by atoms with Gasteiger partial charge in [-0.25, -0.2) is 0 Å². The molecular weight excluding hydrogens is 388 g/mol. The first-order valence-corrected chi connectivity index (χ1v) is 9.71. The molecule has 8 heteroatoms. The third-order valence-corrected chi connectivity index (χ3v) is 5.47. The van der Waals surface area contributed by atoms with Gasteiger partial charge in [-0.15, -0.1) is 0 Å². The van der Waals surface area contributed by atoms with E-state index in [-0.39, 0.29) is 17.8 Å². The average molecular weight is 405 g/mol. The lowest BCUT2D eigenvalue weighted by Crippen LogP contribution is -2.45. The van der Waals surface area contributed by atoms with Crippen LogP contribution in [0.1, 0.15) is 5.76 Å². The zero-order valence-electron chi connectivity index (χ0n) is 14.4. The second-order valence-electron chi connectivity index (χ2n) is 6.19. The number of morpholine rings is 1. The van der Waals surface area contributed by atoms with Gasteiger partial charge < -0.3 is 9.15 Å². The third kappa shape index (κ3) is 4.11. The zero-order chi connectivity index (χ0) is 18.8. The molecule has 0 bridgehead atoms. The van der Waals surface area contributed by atoms with Crippen molar-refractivity contribution in [2.45, 2.75) is 0 Å². The molecule has 2 aliphatic rings. The number of hydrogen-bond donors (Lipinski definition) is 0. The highest BCUT2D eigenvalue weighted by Crippen LogP contribution is 2.33. The fourth-order valence-corrected chi connectivity index (χ4v) is 3.92. The van der Waals surface area contributed by atoms with E-state index in [0.717, 1.165) is 17.3 Å². The molecule has 0 radical (unpaired) electrons. The number of ether oxygens (including phenoxy) is 1. The van der Waals surface area contributed by atoms with Crippen LogP contribution in [0, 0.1) is 0 Å². The molecule has 0 saturated carbocycles. The van der Waals surface area contributed by atoms with Crippen molar-refractivity contribution in [1.29, 1.82) is 0 Å². The summed E-state index contributed by atoms with van der Waals surface area (Å²) >= 11 is 6.95. The van der Waals surface area contributed by atoms with E-state index in [0.29, 0.717) is 47.8 Å². The Bertz CT molecular complexity index is 905. The monoisotopic (exact) mass is 404 g/mol. The Morgan fingerprint density at radius 1 is 1.15 bits per heavy atom. The molecule has 1 aromatic carbocycles. The Morgan fingerprint density at radius 2 is 1.96 bits per heavy atom. The van der Waals surface area contributed by atoms with Crippen LogP contribution < -0.4 is 0 Å². The first kappa shape index (κ1) is 18.3. The summed E-state index contributed by atoms with van der Waals surface area (Å²) in [6.07, 6.45) is 1.61. The molecule has 0 spiro atoms. The Labute approximate surface area is 165 Å². The van der Waals surface area contributed by atoms with Crippen LogP contribution in [0.15, 0.2) is 45.7 Å². The number of carbonyl (C=O) groups excluding carboxylic acids is 2. The van der Waals surface area contributed by atoms with Crippen LogP contribution in [-0.4, -0.2) is 53.9 Å². The van der Waals surface area contributed by atoms with E-state index in [1.165, 1.54) is 4.90 Å². The summed E-state index contributed by atoms with van der Waals surface area (Å²) in [4.78, 5) is 28.5. The summed E-state index contributed by atoms with van der Waals surface area (Å²) in [5.74, 6) is 0.871. The van der Waals surface area contributed by atoms with E-state index >= 15 is 0 Å². The number of halogens is 1. The summed E-state index contributed by atoms with van der Waals surface area (Å²) in [7, 11) is 0. The van der Waals surface area contributed by atoms with Gasteiger partial charge in [0.05, 0.1) is 24.8 Å². The molecule has 1 aromatic heterocycles. The number of furan rings is 1. The Kier molecular flexibility index (Phi) is 5.36. The molecule has 2 fully saturated rings. The minimum absolute atomic E-state index is 0.264. The van der Waals surface area contributed by atoms with Crippen LogP contribution in [-0.2, 0) is 9.53 Å². The van der Waals surface area contributed by atoms with Crippen LogP contribution in [0.3, 0.4) is 0 Å². The molecule has 3 heterocycles. The molecule has 2 aliphatic heterocycles. The summed E-state index contributed by atoms with van der Waals surface area (Å²) in [6, 6.07) is 10.9. The van der Waals surface area contributed by atoms with Crippen molar-refractivity contribution >= 4 is 40.6 Å². The van der Waals surface area contributed by atoms with Gasteiger partial charge in [-0.3, -0.25) is 19.4 Å². The van der Waals surface area contributed by atoms with Gasteiger partial charge in [-0.1, -0.05) is 23.7 Å². The molecule has 0 atom stereocenters. The highest BCUT2D eigenvalue weighted by atomic mass is 35.5. The number of carbonyl (C=O) groups is 2. The number of benzene rings is 1. The Hall–Kier alpha value is -2.06. The predicted molar refractivity (Wildman–Crippen MR) is 104 cm³/mol. The molecular formula is C19H17ClN2O4S. The largest absolute Gasteiger partial charge is 0.457 e. The Morgan fingerprint density at radius 3 is 2.74 bits per heavy atom. The number of imide groups is 1. The highest BCUT2D eigenvalue weighted by molar-refractivity contribution is 8.18. The van der Waals surface area contributed by atoms with Gasteiger partial charge >= 0.3 is 0 Å². The van der Waals surface area contributed by atoms with Gasteiger partial charge in [0.1, 0.15) is 11.5 Å². The van der Waals surface area contributed by atoms with E-state index in [1.807, 2.05) is 23.1 Å². The second kappa shape index (κ2) is 7.90. The summed E-state index contributed by atoms with van der Waals surface area (Å²) in [6.45, 7) is 2.94. The lowest BCUT2D eigenvalue weighted by atomic mass is 10.2. The molecule has 2 amide bonds. The third-order valence-electron chi connectivity index (χ3n) is 4.33. The normalized spacial score (nSPS) is 20.0. The van der Waals surface area contributed by atoms with Crippen molar-refractivity contribution in [3.8, 4) is 11.3 Å². The molecule has 2 aromatic rings. The molecule has 0 N–H and O–H groups in total. The average Bonchev–Trinajstić information content (AvgIpc) is 3.23. The van der Waals surface area contributed by atoms with Crippen molar-refractivity contribution in [2.75, 3.05) is 33.0 Å². The summed E-state index contributed by atoms with van der Waals surface area (Å²) < 4.78 is 11.1. The molecule has 0 aliphatic carbocycles. The minimum Gasteiger partial charge on any atom is -0.457 e. The molecule has 27 heavy (non-hydrogen) atoms. The van der Waals surface area contributed by atoms with Gasteiger partial charge in [0.2, 0.25) is 0 Å². The number of thioether (sulfide) groups is 1. The molecule has 4 rings (SSSR count). The maximum atomic E-state index is 12.6. The van der Waals surface area contributed by atoms with E-state index < -0.39 is 0 Å². The lowest BCUT2D eigenvalue weighted by molar-refractivity contribution is -0.125. The molecule has 6 nitrogen and oxygen atoms in total. The number of rotatable bonds is 4. The fraction of sp³-hybridized carbons (Fsp3) is 0.263. The van der Waals surface area contributed by atoms with Crippen LogP contribution in [0.4, 0.5) is 4.79 Å². The molecule has 0 unspecified atom stereocenters. The predicted octanol–water partition coefficient (Wildman–Crippen LogP) is 3.93. The topological polar surface area (TPSA) is 63.0 Å². The quantitative estimate of drug-likeness (QED) is 0.719. The first-order valence-electron chi connectivity index (χ1n) is 8.51. The van der Waals surface area contributed by atoms with Crippen molar-refractivity contribution in [3.05, 3.63) is 52.1 Å². The SMILES string of the molecule is O=C1SC(=Cc2ccc(-c3cccc(Cl)c3)o2)C(=O)N1CN1CCOCC1. The highest BCUT2D eigenvalue weighted by Gasteiger charge is 2.36. The van der Waals surface area contributed by atoms with E-state index in [2.05, 4.69) is 0 Å². The standard InChI is InChI=1S/C19H17ClN2O4S/c20-14-3-1-2-13(10-14)16-5-4-15(26-16)11-17-18(23)22(19(24)27-17)12-21-6-8-25-9-7-21/h1-5,10-11H,6-9,12H2. The smallest absolute Gasteiger partial charge is 0.294 e. The minimum atomic E-state index is -0.294. The molecule has 140 valence electrons. The molecule has 2 saturated heterocycles. The van der Waals surface area contributed by atoms with Crippen molar-refractivity contribution < 1.29 is 18.7 Å². The first-order chi connectivity index (χ1) is 13.1. The van der Waals surface area contributed by atoms with Crippen LogP contribution >= 0.6 is 23.4 Å². The maximum Gasteiger partial charge on any atom is 0.294 e. The second-order valence-corrected chi connectivity index (χ2v) is 7.62. The van der Waals surface area contributed by atoms with Crippen LogP contribution in [0.25, 0.3) is 17.4 Å². The van der Waals surface area contributed by atoms with E-state index in [1.54, 1.807) is 24.3 Å². The van der Waals surface area contributed by atoms with E-state index in [9.17, 15) is 9.59 Å². The number of amides is 2. The summed E-state index contributed by atoms with van der Waals surface area (Å²) in [5, 5.41) is 0.356. The van der Waals surface area contributed by atoms with Gasteiger partial charge in [-0.05, 0) is 36.0 Å². The van der Waals surface area contributed by atoms with Gasteiger partial charge in [0.15, 0.2) is 0 Å². The Balaban J connectivity index is 1.49. The van der Waals surface area contributed by atoms with Crippen molar-refractivity contribution in [2.24, 2.45) is 0 Å². The lowest BCUT2D eigenvalue weighted by Gasteiger charge is -2.29. The zero-order valence-corrected chi connectivity index (χ0v) is 16.0. The number of nitrogens with zero attached hydrogens (tertiary/aromatic N) is 2. The van der Waals surface area contributed by atoms with Crippen molar-refractivity contribution in [1.82, 2.24) is 9.80 Å². The van der Waals surface area contributed by atoms with Crippen molar-refractivity contribution in [3.63, 3.8) is 0 Å². The fourth-order valence-electron chi connectivity index (χ4n) is 2.92. The van der Waals surface area contributed by atoms with Gasteiger partial charge in [0, 0.05) is 29.8 Å². The van der Waals surface area contributed by atoms with Crippen LogP contribution in [0.2, 0.25) is 5.02 Å². The van der Waals surface area contributed by atoms with E-state index in [4.69, 9.17) is 20.8 Å². The number of hydrogen-bond acceptors (Lipinski definition) is 6. The van der Waals surface area contributed by atoms with Crippen LogP contribution in [0.5, 0.6) is 0 Å².